The largest absolute Gasteiger partial charge is 0.407 e. The first kappa shape index (κ1) is 36.4. The summed E-state index contributed by atoms with van der Waals surface area (Å²) in [6.45, 7) is 13.0. The van der Waals surface area contributed by atoms with Gasteiger partial charge in [-0.1, -0.05) is 6.07 Å². The highest BCUT2D eigenvalue weighted by molar-refractivity contribution is 6.23. The van der Waals surface area contributed by atoms with Crippen LogP contribution < -0.4 is 15.5 Å². The van der Waals surface area contributed by atoms with Crippen LogP contribution >= 0.6 is 0 Å². The van der Waals surface area contributed by atoms with Gasteiger partial charge in [-0.3, -0.25) is 43.8 Å². The predicted molar refractivity (Wildman–Crippen MR) is 192 cm³/mol. The molecule has 4 unspecified atom stereocenters. The standard InChI is InChI=1S/C39H39F3N8O5/c1-38(2,37(55)45-24-4-7-30(43-3)29(15-24)39(40,41)42)49-20-23(18-44-49)21-10-12-47(13-11-21)32-17-26-14-22(32)19-48(26)25-5-6-27-28(16-25)36(54)50(35(27)53)31-8-9-33(51)46-34(31)52/h4-7,15-16,18,20-22,26,31-32H,8-14,17,19H2,1-2H3,(H,45,55)(H,46,51,52). The van der Waals surface area contributed by atoms with E-state index in [0.29, 0.717) is 18.0 Å². The van der Waals surface area contributed by atoms with Crippen molar-refractivity contribution in [2.45, 2.75) is 88.1 Å². The number of fused-ring (bicyclic) bond motifs is 3. The van der Waals surface area contributed by atoms with Gasteiger partial charge in [0, 0.05) is 42.6 Å². The van der Waals surface area contributed by atoms with Gasteiger partial charge in [0.15, 0.2) is 5.69 Å². The molecular weight excluding hydrogens is 717 g/mol. The average Bonchev–Trinajstić information content (AvgIpc) is 3.96. The number of hydrogen-bond donors (Lipinski definition) is 2. The van der Waals surface area contributed by atoms with Crippen molar-refractivity contribution in [2.24, 2.45) is 5.92 Å². The fourth-order valence-electron chi connectivity index (χ4n) is 9.07. The molecule has 0 radical (unpaired) electrons. The molecule has 2 aromatic carbocycles. The molecule has 13 nitrogen and oxygen atoms in total. The van der Waals surface area contributed by atoms with E-state index in [1.54, 1.807) is 36.9 Å². The van der Waals surface area contributed by atoms with E-state index in [4.69, 9.17) is 6.57 Å². The van der Waals surface area contributed by atoms with E-state index in [1.165, 1.54) is 6.07 Å². The van der Waals surface area contributed by atoms with E-state index in [9.17, 15) is 37.1 Å². The maximum atomic E-state index is 13.5. The molecule has 8 rings (SSSR count). The van der Waals surface area contributed by atoms with E-state index in [-0.39, 0.29) is 35.6 Å². The van der Waals surface area contributed by atoms with Crippen molar-refractivity contribution in [2.75, 3.05) is 29.9 Å². The van der Waals surface area contributed by atoms with Crippen molar-refractivity contribution in [1.29, 1.82) is 0 Å². The number of aromatic nitrogens is 2. The van der Waals surface area contributed by atoms with Gasteiger partial charge >= 0.3 is 6.18 Å². The number of carbonyl (C=O) groups excluding carboxylic acids is 5. The molecule has 4 fully saturated rings. The average molecular weight is 757 g/mol. The smallest absolute Gasteiger partial charge is 0.368 e. The number of rotatable bonds is 7. The number of halogens is 3. The topological polar surface area (TPSA) is 141 Å². The summed E-state index contributed by atoms with van der Waals surface area (Å²) in [6, 6.07) is 8.14. The number of anilines is 2. The SMILES string of the molecule is [C-]#[N+]c1ccc(NC(=O)C(C)(C)n2cc(C3CCN(C4CC5CC4CN5c4ccc5c(c4)C(=O)N(C4CCC(=O)NC4=O)C5=O)CC3)cn2)cc1C(F)(F)F. The number of likely N-dealkylation sites (tertiary alicyclic amines) is 1. The van der Waals surface area contributed by atoms with Gasteiger partial charge < -0.3 is 10.2 Å². The first-order chi connectivity index (χ1) is 26.1. The quantitative estimate of drug-likeness (QED) is 0.252. The van der Waals surface area contributed by atoms with Gasteiger partial charge in [0.25, 0.3) is 17.7 Å². The molecule has 4 atom stereocenters. The molecular formula is C39H39F3N8O5. The summed E-state index contributed by atoms with van der Waals surface area (Å²) >= 11 is 0. The summed E-state index contributed by atoms with van der Waals surface area (Å²) in [5, 5.41) is 9.28. The molecule has 5 amide bonds. The van der Waals surface area contributed by atoms with E-state index in [2.05, 4.69) is 30.4 Å². The van der Waals surface area contributed by atoms with Gasteiger partial charge in [0.2, 0.25) is 11.8 Å². The summed E-state index contributed by atoms with van der Waals surface area (Å²) in [4.78, 5) is 72.8. The van der Waals surface area contributed by atoms with Crippen molar-refractivity contribution in [3.63, 3.8) is 0 Å². The van der Waals surface area contributed by atoms with Crippen LogP contribution in [0.5, 0.6) is 0 Å². The van der Waals surface area contributed by atoms with Gasteiger partial charge in [-0.25, -0.2) is 4.85 Å². The van der Waals surface area contributed by atoms with Crippen LogP contribution in [0.3, 0.4) is 0 Å². The molecule has 1 aromatic heterocycles. The fourth-order valence-corrected chi connectivity index (χ4v) is 9.07. The zero-order chi connectivity index (χ0) is 39.0. The zero-order valence-electron chi connectivity index (χ0n) is 30.2. The third-order valence-electron chi connectivity index (χ3n) is 12.1. The predicted octanol–water partition coefficient (Wildman–Crippen LogP) is 5.07. The number of imide groups is 2. The lowest BCUT2D eigenvalue weighted by atomic mass is 9.89. The Morgan fingerprint density at radius 1 is 0.982 bits per heavy atom. The number of nitrogens with one attached hydrogen (secondary N) is 2. The molecule has 55 heavy (non-hydrogen) atoms. The normalized spacial score (nSPS) is 24.7. The van der Waals surface area contributed by atoms with Crippen LogP contribution in [0.15, 0.2) is 48.8 Å². The Hall–Kier alpha value is -5.56. The lowest BCUT2D eigenvalue weighted by Crippen LogP contribution is -2.54. The maximum absolute atomic E-state index is 13.5. The third-order valence-corrected chi connectivity index (χ3v) is 12.1. The highest BCUT2D eigenvalue weighted by Gasteiger charge is 2.49. The van der Waals surface area contributed by atoms with Crippen molar-refractivity contribution >= 4 is 46.6 Å². The minimum atomic E-state index is -4.73. The lowest BCUT2D eigenvalue weighted by Gasteiger charge is -2.42. The summed E-state index contributed by atoms with van der Waals surface area (Å²) in [7, 11) is 0. The van der Waals surface area contributed by atoms with Crippen LogP contribution in [-0.4, -0.2) is 86.9 Å². The van der Waals surface area contributed by atoms with Gasteiger partial charge in [0.1, 0.15) is 11.6 Å². The zero-order valence-corrected chi connectivity index (χ0v) is 30.2. The summed E-state index contributed by atoms with van der Waals surface area (Å²) in [5.74, 6) is -1.93. The number of carbonyl (C=O) groups is 5. The number of hydrogen-bond acceptors (Lipinski definition) is 8. The highest BCUT2D eigenvalue weighted by Crippen LogP contribution is 2.45. The van der Waals surface area contributed by atoms with Gasteiger partial charge in [-0.2, -0.15) is 18.3 Å². The lowest BCUT2D eigenvalue weighted by molar-refractivity contribution is -0.137. The van der Waals surface area contributed by atoms with Crippen molar-refractivity contribution < 1.29 is 37.1 Å². The Morgan fingerprint density at radius 2 is 1.73 bits per heavy atom. The van der Waals surface area contributed by atoms with E-state index in [1.807, 2.05) is 12.3 Å². The van der Waals surface area contributed by atoms with Gasteiger partial charge in [0.05, 0.1) is 29.5 Å². The Kier molecular flexibility index (Phi) is 8.83. The molecule has 1 aliphatic carbocycles. The third kappa shape index (κ3) is 6.33. The van der Waals surface area contributed by atoms with Crippen LogP contribution in [0, 0.1) is 12.5 Å². The second-order valence-corrected chi connectivity index (χ2v) is 15.7. The molecule has 2 bridgehead atoms. The summed E-state index contributed by atoms with van der Waals surface area (Å²) < 4.78 is 42.0. The first-order valence-electron chi connectivity index (χ1n) is 18.5. The number of amides is 5. The molecule has 5 aliphatic rings. The number of piperidine rings is 3. The molecule has 16 heteroatoms. The molecule has 5 heterocycles. The molecule has 3 aromatic rings. The van der Waals surface area contributed by atoms with Crippen LogP contribution in [-0.2, 0) is 26.1 Å². The Morgan fingerprint density at radius 3 is 2.40 bits per heavy atom. The minimum absolute atomic E-state index is 0.0569. The second-order valence-electron chi connectivity index (χ2n) is 15.7. The monoisotopic (exact) mass is 756 g/mol. The Labute approximate surface area is 314 Å². The van der Waals surface area contributed by atoms with Crippen molar-refractivity contribution in [3.05, 3.63) is 82.5 Å². The van der Waals surface area contributed by atoms with Crippen molar-refractivity contribution in [1.82, 2.24) is 24.9 Å². The molecule has 4 aliphatic heterocycles. The minimum Gasteiger partial charge on any atom is -0.368 e. The first-order valence-corrected chi connectivity index (χ1v) is 18.5. The molecule has 286 valence electrons. The van der Waals surface area contributed by atoms with Crippen LogP contribution in [0.1, 0.15) is 90.1 Å². The van der Waals surface area contributed by atoms with Gasteiger partial charge in [-0.15, -0.1) is 0 Å². The van der Waals surface area contributed by atoms with E-state index < -0.39 is 58.5 Å². The number of benzene rings is 2. The second kappa shape index (κ2) is 13.3. The number of nitrogens with zero attached hydrogens (tertiary/aromatic N) is 6. The van der Waals surface area contributed by atoms with Crippen LogP contribution in [0.4, 0.5) is 30.2 Å². The molecule has 0 spiro atoms. The maximum Gasteiger partial charge on any atom is 0.407 e. The fraction of sp³-hybridized carbons (Fsp3) is 0.462. The highest BCUT2D eigenvalue weighted by atomic mass is 19.4. The van der Waals surface area contributed by atoms with Gasteiger partial charge in [-0.05, 0) is 107 Å². The van der Waals surface area contributed by atoms with Crippen LogP contribution in [0.2, 0.25) is 0 Å². The molecule has 2 N–H and O–H groups in total. The Balaban J connectivity index is 0.864. The van der Waals surface area contributed by atoms with E-state index >= 15 is 0 Å². The Bertz CT molecular complexity index is 2170. The molecule has 3 saturated heterocycles. The number of alkyl halides is 3. The van der Waals surface area contributed by atoms with Crippen LogP contribution in [0.25, 0.3) is 4.85 Å². The van der Waals surface area contributed by atoms with E-state index in [0.717, 1.165) is 73.6 Å². The van der Waals surface area contributed by atoms with Crippen molar-refractivity contribution in [3.8, 4) is 0 Å². The summed E-state index contributed by atoms with van der Waals surface area (Å²) in [6.07, 6.45) is 2.88. The summed E-state index contributed by atoms with van der Waals surface area (Å²) in [5.41, 5.74) is -0.469. The molecule has 1 saturated carbocycles.